The first-order chi connectivity index (χ1) is 32.5. The van der Waals surface area contributed by atoms with Crippen LogP contribution < -0.4 is 0 Å². The third kappa shape index (κ3) is 52.1. The Balaban J connectivity index is 4.21. The molecular weight excluding hydrogens is 817 g/mol. The molecule has 0 heterocycles. The summed E-state index contributed by atoms with van der Waals surface area (Å²) in [4.78, 5) is 38.0. The van der Waals surface area contributed by atoms with Crippen LogP contribution in [0.5, 0.6) is 0 Å². The van der Waals surface area contributed by atoms with E-state index in [1.54, 1.807) is 0 Å². The largest absolute Gasteiger partial charge is 0.462 e. The van der Waals surface area contributed by atoms with Crippen molar-refractivity contribution < 1.29 is 28.6 Å². The van der Waals surface area contributed by atoms with Crippen LogP contribution in [0.1, 0.15) is 284 Å². The maximum Gasteiger partial charge on any atom is 0.306 e. The predicted octanol–water partition coefficient (Wildman–Crippen LogP) is 18.8. The van der Waals surface area contributed by atoms with Gasteiger partial charge in [0.1, 0.15) is 13.2 Å². The Bertz CT molecular complexity index is 1200. The predicted molar refractivity (Wildman–Crippen MR) is 284 cm³/mol. The van der Waals surface area contributed by atoms with Crippen molar-refractivity contribution in [3.05, 3.63) is 60.8 Å². The van der Waals surface area contributed by atoms with Crippen molar-refractivity contribution in [2.24, 2.45) is 0 Å². The van der Waals surface area contributed by atoms with Crippen LogP contribution in [0.2, 0.25) is 0 Å². The normalized spacial score (nSPS) is 12.5. The van der Waals surface area contributed by atoms with Gasteiger partial charge in [0.25, 0.3) is 0 Å². The average molecular weight is 924 g/mol. The van der Waals surface area contributed by atoms with Crippen LogP contribution in [0.25, 0.3) is 0 Å². The molecule has 0 rings (SSSR count). The molecule has 0 N–H and O–H groups in total. The van der Waals surface area contributed by atoms with Crippen molar-refractivity contribution >= 4 is 17.9 Å². The van der Waals surface area contributed by atoms with Crippen LogP contribution in [0.4, 0.5) is 0 Å². The summed E-state index contributed by atoms with van der Waals surface area (Å²) in [5.41, 5.74) is 0. The molecule has 66 heavy (non-hydrogen) atoms. The summed E-state index contributed by atoms with van der Waals surface area (Å²) in [6.07, 6.45) is 68.0. The number of carbonyl (C=O) groups excluding carboxylic acids is 3. The van der Waals surface area contributed by atoms with Gasteiger partial charge in [-0.3, -0.25) is 14.4 Å². The highest BCUT2D eigenvalue weighted by Gasteiger charge is 2.19. The molecule has 0 aliphatic carbocycles. The minimum absolute atomic E-state index is 0.0839. The van der Waals surface area contributed by atoms with E-state index in [4.69, 9.17) is 14.2 Å². The fourth-order valence-electron chi connectivity index (χ4n) is 8.02. The topological polar surface area (TPSA) is 78.9 Å². The zero-order valence-corrected chi connectivity index (χ0v) is 43.7. The smallest absolute Gasteiger partial charge is 0.306 e. The second-order valence-corrected chi connectivity index (χ2v) is 18.8. The Labute approximate surface area is 409 Å². The van der Waals surface area contributed by atoms with Gasteiger partial charge in [-0.1, -0.05) is 242 Å². The molecule has 0 aromatic heterocycles. The van der Waals surface area contributed by atoms with Gasteiger partial charge in [0, 0.05) is 19.3 Å². The van der Waals surface area contributed by atoms with Gasteiger partial charge >= 0.3 is 17.9 Å². The van der Waals surface area contributed by atoms with Crippen LogP contribution in [-0.2, 0) is 28.6 Å². The van der Waals surface area contributed by atoms with E-state index in [-0.39, 0.29) is 31.1 Å². The lowest BCUT2D eigenvalue weighted by atomic mass is 10.0. The fraction of sp³-hybridized carbons (Fsp3) is 0.783. The zero-order chi connectivity index (χ0) is 47.9. The lowest BCUT2D eigenvalue weighted by molar-refractivity contribution is -0.167. The van der Waals surface area contributed by atoms with Crippen LogP contribution in [0.3, 0.4) is 0 Å². The van der Waals surface area contributed by atoms with E-state index in [0.717, 1.165) is 89.9 Å². The summed E-state index contributed by atoms with van der Waals surface area (Å²) in [6.45, 7) is 6.49. The molecule has 0 fully saturated rings. The first-order valence-corrected chi connectivity index (χ1v) is 28.3. The number of unbranched alkanes of at least 4 members (excludes halogenated alkanes) is 30. The molecule has 0 aliphatic rings. The van der Waals surface area contributed by atoms with Crippen LogP contribution in [0.15, 0.2) is 60.8 Å². The molecule has 1 atom stereocenters. The highest BCUT2D eigenvalue weighted by Crippen LogP contribution is 2.16. The number of hydrogen-bond donors (Lipinski definition) is 0. The molecule has 0 aromatic rings. The van der Waals surface area contributed by atoms with E-state index < -0.39 is 6.10 Å². The lowest BCUT2D eigenvalue weighted by Crippen LogP contribution is -2.30. The Kier molecular flexibility index (Phi) is 52.3. The van der Waals surface area contributed by atoms with Gasteiger partial charge < -0.3 is 14.2 Å². The maximum absolute atomic E-state index is 12.8. The molecule has 0 bridgehead atoms. The SMILES string of the molecule is CC/C=C\C/C=C\C/C=C\CCCCCC(=O)OC(COC(=O)CCCCCCCCCCCC)COC(=O)CCCCCCCCCCCCCCC/C=C\C/C=C\CCCCCCC. The van der Waals surface area contributed by atoms with E-state index in [2.05, 4.69) is 81.5 Å². The lowest BCUT2D eigenvalue weighted by Gasteiger charge is -2.18. The molecule has 0 spiro atoms. The van der Waals surface area contributed by atoms with E-state index in [0.29, 0.717) is 19.3 Å². The Hall–Kier alpha value is -2.89. The molecule has 0 aliphatic heterocycles. The van der Waals surface area contributed by atoms with Gasteiger partial charge in [-0.25, -0.2) is 0 Å². The second kappa shape index (κ2) is 54.7. The van der Waals surface area contributed by atoms with Gasteiger partial charge in [0.05, 0.1) is 0 Å². The van der Waals surface area contributed by atoms with Crippen molar-refractivity contribution in [1.29, 1.82) is 0 Å². The molecule has 0 aromatic carbocycles. The number of ether oxygens (including phenoxy) is 3. The number of carbonyl (C=O) groups is 3. The van der Waals surface area contributed by atoms with Crippen molar-refractivity contribution in [2.75, 3.05) is 13.2 Å². The van der Waals surface area contributed by atoms with E-state index >= 15 is 0 Å². The van der Waals surface area contributed by atoms with Crippen molar-refractivity contribution in [3.63, 3.8) is 0 Å². The summed E-state index contributed by atoms with van der Waals surface area (Å²) < 4.78 is 16.8. The highest BCUT2D eigenvalue weighted by molar-refractivity contribution is 5.71. The monoisotopic (exact) mass is 923 g/mol. The van der Waals surface area contributed by atoms with Crippen LogP contribution in [0, 0.1) is 0 Å². The van der Waals surface area contributed by atoms with Gasteiger partial charge in [-0.15, -0.1) is 0 Å². The summed E-state index contributed by atoms with van der Waals surface area (Å²) in [6, 6.07) is 0. The average Bonchev–Trinajstić information content (AvgIpc) is 3.31. The van der Waals surface area contributed by atoms with Crippen molar-refractivity contribution in [1.82, 2.24) is 0 Å². The first-order valence-electron chi connectivity index (χ1n) is 28.3. The summed E-state index contributed by atoms with van der Waals surface area (Å²) in [5, 5.41) is 0. The standard InChI is InChI=1S/C60H106O6/c1-4-7-10-13-16-19-22-24-25-26-27-28-29-30-31-32-33-34-35-37-38-41-44-47-50-53-59(62)65-56-57(55-64-58(61)52-49-46-43-40-21-18-15-12-9-6-3)66-60(63)54-51-48-45-42-39-36-23-20-17-14-11-8-5-2/h8,11,17,20,22,24,26-27,36,39,57H,4-7,9-10,12-16,18-19,21,23,25,28-35,37-38,40-56H2,1-3H3/b11-8-,20-17-,24-22-,27-26-,39-36-. The molecule has 6 nitrogen and oxygen atoms in total. The molecule has 0 amide bonds. The van der Waals surface area contributed by atoms with E-state index in [9.17, 15) is 14.4 Å². The van der Waals surface area contributed by atoms with Crippen molar-refractivity contribution in [3.8, 4) is 0 Å². The molecule has 1 unspecified atom stereocenters. The first kappa shape index (κ1) is 63.1. The van der Waals surface area contributed by atoms with E-state index in [1.165, 1.54) is 154 Å². The van der Waals surface area contributed by atoms with Crippen LogP contribution >= 0.6 is 0 Å². The number of esters is 3. The number of rotatable bonds is 51. The molecule has 0 saturated carbocycles. The summed E-state index contributed by atoms with van der Waals surface area (Å²) in [5.74, 6) is -0.908. The fourth-order valence-corrected chi connectivity index (χ4v) is 8.02. The minimum atomic E-state index is -0.786. The molecule has 0 radical (unpaired) electrons. The van der Waals surface area contributed by atoms with Gasteiger partial charge in [-0.05, 0) is 83.5 Å². The molecule has 6 heteroatoms. The highest BCUT2D eigenvalue weighted by atomic mass is 16.6. The zero-order valence-electron chi connectivity index (χ0n) is 43.7. The van der Waals surface area contributed by atoms with Gasteiger partial charge in [-0.2, -0.15) is 0 Å². The Morgan fingerprint density at radius 1 is 0.318 bits per heavy atom. The van der Waals surface area contributed by atoms with E-state index in [1.807, 2.05) is 0 Å². The molecule has 382 valence electrons. The molecular formula is C60H106O6. The van der Waals surface area contributed by atoms with Crippen molar-refractivity contribution in [2.45, 2.75) is 290 Å². The Morgan fingerprint density at radius 2 is 0.591 bits per heavy atom. The summed E-state index contributed by atoms with van der Waals surface area (Å²) >= 11 is 0. The number of hydrogen-bond acceptors (Lipinski definition) is 6. The van der Waals surface area contributed by atoms with Gasteiger partial charge in [0.2, 0.25) is 0 Å². The number of allylic oxidation sites excluding steroid dienone is 10. The Morgan fingerprint density at radius 3 is 0.939 bits per heavy atom. The minimum Gasteiger partial charge on any atom is -0.462 e. The summed E-state index contributed by atoms with van der Waals surface area (Å²) in [7, 11) is 0. The third-order valence-corrected chi connectivity index (χ3v) is 12.3. The maximum atomic E-state index is 12.8. The molecule has 0 saturated heterocycles. The van der Waals surface area contributed by atoms with Crippen LogP contribution in [-0.4, -0.2) is 37.2 Å². The second-order valence-electron chi connectivity index (χ2n) is 18.8. The third-order valence-electron chi connectivity index (χ3n) is 12.3. The van der Waals surface area contributed by atoms with Gasteiger partial charge in [0.15, 0.2) is 6.10 Å². The quantitative estimate of drug-likeness (QED) is 0.0262.